The molecule has 0 aliphatic rings. The highest BCUT2D eigenvalue weighted by molar-refractivity contribution is 7.80. The summed E-state index contributed by atoms with van der Waals surface area (Å²) >= 11 is 4.26. The standard InChI is InChI=1S/C10H16N2O3S/c1-6(8(3)16)5-14-10(13)11-9-4-7(2)15-12-9/h4,6,8,16H,5H2,1-3H3,(H,11,12,13). The minimum Gasteiger partial charge on any atom is -0.449 e. The van der Waals surface area contributed by atoms with E-state index in [0.717, 1.165) is 0 Å². The molecule has 1 N–H and O–H groups in total. The Bertz CT molecular complexity index is 352. The molecule has 2 atom stereocenters. The summed E-state index contributed by atoms with van der Waals surface area (Å²) in [6.45, 7) is 5.99. The number of nitrogens with one attached hydrogen (secondary N) is 1. The molecule has 0 saturated heterocycles. The number of hydrogen-bond donors (Lipinski definition) is 2. The zero-order chi connectivity index (χ0) is 12.1. The Hall–Kier alpha value is -1.17. The van der Waals surface area contributed by atoms with E-state index in [4.69, 9.17) is 9.26 Å². The van der Waals surface area contributed by atoms with Crippen molar-refractivity contribution in [3.8, 4) is 0 Å². The maximum Gasteiger partial charge on any atom is 0.412 e. The molecule has 0 radical (unpaired) electrons. The molecule has 16 heavy (non-hydrogen) atoms. The van der Waals surface area contributed by atoms with E-state index in [1.54, 1.807) is 13.0 Å². The largest absolute Gasteiger partial charge is 0.449 e. The van der Waals surface area contributed by atoms with Gasteiger partial charge in [-0.05, 0) is 6.92 Å². The van der Waals surface area contributed by atoms with E-state index in [2.05, 4.69) is 23.1 Å². The summed E-state index contributed by atoms with van der Waals surface area (Å²) in [5.74, 6) is 1.19. The van der Waals surface area contributed by atoms with Crippen LogP contribution in [0.15, 0.2) is 10.6 Å². The lowest BCUT2D eigenvalue weighted by atomic mass is 10.1. The van der Waals surface area contributed by atoms with Crippen LogP contribution in [-0.4, -0.2) is 23.1 Å². The maximum absolute atomic E-state index is 11.3. The van der Waals surface area contributed by atoms with Crippen molar-refractivity contribution >= 4 is 24.5 Å². The summed E-state index contributed by atoms with van der Waals surface area (Å²) in [6, 6.07) is 1.62. The van der Waals surface area contributed by atoms with Crippen LogP contribution in [0.4, 0.5) is 10.6 Å². The van der Waals surface area contributed by atoms with Gasteiger partial charge in [-0.2, -0.15) is 12.6 Å². The third-order valence-electron chi connectivity index (χ3n) is 2.16. The molecule has 90 valence electrons. The highest BCUT2D eigenvalue weighted by Crippen LogP contribution is 2.10. The van der Waals surface area contributed by atoms with E-state index in [9.17, 15) is 4.79 Å². The number of nitrogens with zero attached hydrogens (tertiary/aromatic N) is 1. The number of thiol groups is 1. The molecular weight excluding hydrogens is 228 g/mol. The molecule has 0 bridgehead atoms. The first kappa shape index (κ1) is 12.9. The quantitative estimate of drug-likeness (QED) is 0.799. The van der Waals surface area contributed by atoms with Crippen molar-refractivity contribution in [2.24, 2.45) is 5.92 Å². The molecule has 0 aromatic carbocycles. The van der Waals surface area contributed by atoms with E-state index < -0.39 is 6.09 Å². The van der Waals surface area contributed by atoms with Crippen LogP contribution in [0.25, 0.3) is 0 Å². The van der Waals surface area contributed by atoms with Gasteiger partial charge < -0.3 is 9.26 Å². The second-order valence-corrected chi connectivity index (χ2v) is 4.58. The topological polar surface area (TPSA) is 64.4 Å². The van der Waals surface area contributed by atoms with Crippen molar-refractivity contribution in [2.45, 2.75) is 26.0 Å². The van der Waals surface area contributed by atoms with Gasteiger partial charge in [-0.25, -0.2) is 4.79 Å². The summed E-state index contributed by atoms with van der Waals surface area (Å²) in [6.07, 6.45) is -0.533. The predicted molar refractivity (Wildman–Crippen MR) is 63.8 cm³/mol. The maximum atomic E-state index is 11.3. The lowest BCUT2D eigenvalue weighted by Crippen LogP contribution is -2.21. The number of rotatable bonds is 4. The van der Waals surface area contributed by atoms with Crippen LogP contribution in [0.3, 0.4) is 0 Å². The molecular formula is C10H16N2O3S. The summed E-state index contributed by atoms with van der Waals surface area (Å²) in [7, 11) is 0. The normalized spacial score (nSPS) is 14.2. The zero-order valence-corrected chi connectivity index (χ0v) is 10.5. The van der Waals surface area contributed by atoms with Gasteiger partial charge in [0.1, 0.15) is 5.76 Å². The molecule has 1 rings (SSSR count). The van der Waals surface area contributed by atoms with Crippen molar-refractivity contribution in [1.29, 1.82) is 0 Å². The third-order valence-corrected chi connectivity index (χ3v) is 2.67. The summed E-state index contributed by atoms with van der Waals surface area (Å²) in [4.78, 5) is 11.3. The second kappa shape index (κ2) is 5.79. The Balaban J connectivity index is 2.31. The number of aryl methyl sites for hydroxylation is 1. The number of ether oxygens (including phenoxy) is 1. The Morgan fingerprint density at radius 1 is 1.69 bits per heavy atom. The van der Waals surface area contributed by atoms with E-state index in [1.165, 1.54) is 0 Å². The second-order valence-electron chi connectivity index (χ2n) is 3.76. The van der Waals surface area contributed by atoms with E-state index >= 15 is 0 Å². The Morgan fingerprint density at radius 2 is 2.38 bits per heavy atom. The predicted octanol–water partition coefficient (Wildman–Crippen LogP) is 2.49. The summed E-state index contributed by atoms with van der Waals surface area (Å²) in [5, 5.41) is 6.26. The molecule has 1 heterocycles. The number of aromatic nitrogens is 1. The molecule has 1 aromatic rings. The molecule has 0 aliphatic carbocycles. The van der Waals surface area contributed by atoms with E-state index in [0.29, 0.717) is 18.2 Å². The number of anilines is 1. The first-order valence-corrected chi connectivity index (χ1v) is 5.56. The van der Waals surface area contributed by atoms with Crippen LogP contribution >= 0.6 is 12.6 Å². The third kappa shape index (κ3) is 4.14. The first-order chi connectivity index (χ1) is 7.49. The average Bonchev–Trinajstić information content (AvgIpc) is 2.60. The fourth-order valence-corrected chi connectivity index (χ4v) is 0.998. The molecule has 0 fully saturated rings. The first-order valence-electron chi connectivity index (χ1n) is 5.04. The van der Waals surface area contributed by atoms with Crippen molar-refractivity contribution in [3.05, 3.63) is 11.8 Å². The number of amides is 1. The Kier molecular flexibility index (Phi) is 4.67. The van der Waals surface area contributed by atoms with Crippen LogP contribution in [0.1, 0.15) is 19.6 Å². The van der Waals surface area contributed by atoms with Gasteiger partial charge in [-0.3, -0.25) is 5.32 Å². The van der Waals surface area contributed by atoms with Crippen molar-refractivity contribution in [1.82, 2.24) is 5.16 Å². The highest BCUT2D eigenvalue weighted by Gasteiger charge is 2.12. The van der Waals surface area contributed by atoms with Crippen LogP contribution in [0.2, 0.25) is 0 Å². The van der Waals surface area contributed by atoms with Gasteiger partial charge in [0.2, 0.25) is 0 Å². The number of hydrogen-bond acceptors (Lipinski definition) is 5. The molecule has 2 unspecified atom stereocenters. The van der Waals surface area contributed by atoms with Gasteiger partial charge in [0.05, 0.1) is 6.61 Å². The molecule has 1 aromatic heterocycles. The molecule has 0 spiro atoms. The Morgan fingerprint density at radius 3 is 2.88 bits per heavy atom. The van der Waals surface area contributed by atoms with Crippen LogP contribution in [-0.2, 0) is 4.74 Å². The van der Waals surface area contributed by atoms with Crippen molar-refractivity contribution in [2.75, 3.05) is 11.9 Å². The molecule has 5 nitrogen and oxygen atoms in total. The summed E-state index contributed by atoms with van der Waals surface area (Å²) < 4.78 is 9.79. The minimum absolute atomic E-state index is 0.182. The molecule has 0 aliphatic heterocycles. The van der Waals surface area contributed by atoms with Gasteiger partial charge in [0, 0.05) is 17.2 Å². The summed E-state index contributed by atoms with van der Waals surface area (Å²) in [5.41, 5.74) is 0. The van der Waals surface area contributed by atoms with Crippen LogP contribution in [0.5, 0.6) is 0 Å². The minimum atomic E-state index is -0.533. The lowest BCUT2D eigenvalue weighted by molar-refractivity contribution is 0.144. The van der Waals surface area contributed by atoms with Gasteiger partial charge in [0.15, 0.2) is 5.82 Å². The number of carbonyl (C=O) groups is 1. The van der Waals surface area contributed by atoms with Crippen LogP contribution in [0, 0.1) is 12.8 Å². The fourth-order valence-electron chi connectivity index (χ4n) is 0.912. The van der Waals surface area contributed by atoms with Gasteiger partial charge in [-0.1, -0.05) is 19.0 Å². The average molecular weight is 244 g/mol. The van der Waals surface area contributed by atoms with Gasteiger partial charge in [0.25, 0.3) is 0 Å². The Labute approximate surface area is 99.9 Å². The molecule has 0 saturated carbocycles. The van der Waals surface area contributed by atoms with Crippen molar-refractivity contribution in [3.63, 3.8) is 0 Å². The highest BCUT2D eigenvalue weighted by atomic mass is 32.1. The van der Waals surface area contributed by atoms with E-state index in [1.807, 2.05) is 13.8 Å². The van der Waals surface area contributed by atoms with Crippen LogP contribution < -0.4 is 5.32 Å². The van der Waals surface area contributed by atoms with E-state index in [-0.39, 0.29) is 11.2 Å². The fraction of sp³-hybridized carbons (Fsp3) is 0.600. The SMILES string of the molecule is Cc1cc(NC(=O)OCC(C)C(C)S)no1. The smallest absolute Gasteiger partial charge is 0.412 e. The van der Waals surface area contributed by atoms with Gasteiger partial charge >= 0.3 is 6.09 Å². The number of carbonyl (C=O) groups excluding carboxylic acids is 1. The zero-order valence-electron chi connectivity index (χ0n) is 9.56. The van der Waals surface area contributed by atoms with Crippen molar-refractivity contribution < 1.29 is 14.1 Å². The lowest BCUT2D eigenvalue weighted by Gasteiger charge is -2.14. The van der Waals surface area contributed by atoms with Gasteiger partial charge in [-0.15, -0.1) is 0 Å². The monoisotopic (exact) mass is 244 g/mol. The molecule has 1 amide bonds. The molecule has 6 heteroatoms.